The fourth-order valence-corrected chi connectivity index (χ4v) is 1.85. The third kappa shape index (κ3) is 3.85. The van der Waals surface area contributed by atoms with E-state index in [0.29, 0.717) is 13.2 Å². The molecular weight excluding hydrogens is 222 g/mol. The highest BCUT2D eigenvalue weighted by Crippen LogP contribution is 2.20. The summed E-state index contributed by atoms with van der Waals surface area (Å²) in [4.78, 5) is 13.9. The zero-order valence-electron chi connectivity index (χ0n) is 10.8. The molecule has 2 saturated heterocycles. The van der Waals surface area contributed by atoms with E-state index in [2.05, 4.69) is 0 Å². The maximum atomic E-state index is 12.1. The normalized spacial score (nSPS) is 27.9. The molecule has 0 saturated carbocycles. The van der Waals surface area contributed by atoms with E-state index < -0.39 is 5.60 Å². The molecule has 2 unspecified atom stereocenters. The summed E-state index contributed by atoms with van der Waals surface area (Å²) in [6, 6.07) is 0.133. The standard InChI is InChI=1S/C12H21NO4/c1-12(2,3)17-11(14)13(6-10-8-16-10)9-4-5-15-7-9/h9-10H,4-8H2,1-3H3. The highest BCUT2D eigenvalue weighted by Gasteiger charge is 2.35. The molecule has 2 rings (SSSR count). The number of ether oxygens (including phenoxy) is 3. The van der Waals surface area contributed by atoms with E-state index >= 15 is 0 Å². The minimum absolute atomic E-state index is 0.133. The van der Waals surface area contributed by atoms with Gasteiger partial charge in [-0.05, 0) is 27.2 Å². The van der Waals surface area contributed by atoms with Crippen molar-refractivity contribution >= 4 is 6.09 Å². The van der Waals surface area contributed by atoms with Crippen LogP contribution in [0.1, 0.15) is 27.2 Å². The number of rotatable bonds is 3. The summed E-state index contributed by atoms with van der Waals surface area (Å²) in [5, 5.41) is 0. The molecular formula is C12H21NO4. The van der Waals surface area contributed by atoms with E-state index in [9.17, 15) is 4.79 Å². The largest absolute Gasteiger partial charge is 0.444 e. The van der Waals surface area contributed by atoms with E-state index in [0.717, 1.165) is 19.6 Å². The molecule has 1 amide bonds. The van der Waals surface area contributed by atoms with Crippen LogP contribution in [0.5, 0.6) is 0 Å². The summed E-state index contributed by atoms with van der Waals surface area (Å²) < 4.78 is 15.9. The average molecular weight is 243 g/mol. The van der Waals surface area contributed by atoms with Crippen molar-refractivity contribution in [1.82, 2.24) is 4.90 Å². The van der Waals surface area contributed by atoms with Crippen LogP contribution in [-0.2, 0) is 14.2 Å². The summed E-state index contributed by atoms with van der Waals surface area (Å²) in [7, 11) is 0. The van der Waals surface area contributed by atoms with Crippen molar-refractivity contribution in [1.29, 1.82) is 0 Å². The quantitative estimate of drug-likeness (QED) is 0.703. The van der Waals surface area contributed by atoms with Crippen LogP contribution in [0.25, 0.3) is 0 Å². The number of hydrogen-bond donors (Lipinski definition) is 0. The second-order valence-corrected chi connectivity index (χ2v) is 5.61. The molecule has 2 heterocycles. The van der Waals surface area contributed by atoms with Gasteiger partial charge in [0.1, 0.15) is 5.60 Å². The topological polar surface area (TPSA) is 51.3 Å². The fraction of sp³-hybridized carbons (Fsp3) is 0.917. The highest BCUT2D eigenvalue weighted by molar-refractivity contribution is 5.68. The van der Waals surface area contributed by atoms with Crippen LogP contribution in [0.15, 0.2) is 0 Å². The SMILES string of the molecule is CC(C)(C)OC(=O)N(CC1CO1)C1CCOC1. The van der Waals surface area contributed by atoms with Gasteiger partial charge in [-0.25, -0.2) is 4.79 Å². The van der Waals surface area contributed by atoms with Gasteiger partial charge in [-0.3, -0.25) is 0 Å². The highest BCUT2D eigenvalue weighted by atomic mass is 16.6. The van der Waals surface area contributed by atoms with Crippen molar-refractivity contribution in [2.24, 2.45) is 0 Å². The minimum atomic E-state index is -0.459. The molecule has 0 aromatic carbocycles. The van der Waals surface area contributed by atoms with Crippen LogP contribution in [0.2, 0.25) is 0 Å². The Labute approximate surface area is 102 Å². The number of hydrogen-bond acceptors (Lipinski definition) is 4. The van der Waals surface area contributed by atoms with Gasteiger partial charge in [-0.2, -0.15) is 0 Å². The molecule has 2 aliphatic rings. The summed E-state index contributed by atoms with van der Waals surface area (Å²) in [5.74, 6) is 0. The molecule has 2 aliphatic heterocycles. The molecule has 0 bridgehead atoms. The van der Waals surface area contributed by atoms with Crippen molar-refractivity contribution < 1.29 is 19.0 Å². The lowest BCUT2D eigenvalue weighted by Crippen LogP contribution is -2.45. The smallest absolute Gasteiger partial charge is 0.410 e. The summed E-state index contributed by atoms with van der Waals surface area (Å²) in [5.41, 5.74) is -0.459. The van der Waals surface area contributed by atoms with Crippen LogP contribution in [0.3, 0.4) is 0 Å². The minimum Gasteiger partial charge on any atom is -0.444 e. The van der Waals surface area contributed by atoms with Crippen molar-refractivity contribution in [2.75, 3.05) is 26.4 Å². The van der Waals surface area contributed by atoms with E-state index in [1.165, 1.54) is 0 Å². The van der Waals surface area contributed by atoms with Gasteiger partial charge < -0.3 is 19.1 Å². The monoisotopic (exact) mass is 243 g/mol. The molecule has 2 fully saturated rings. The Bertz CT molecular complexity index is 277. The molecule has 0 aliphatic carbocycles. The van der Waals surface area contributed by atoms with Crippen LogP contribution < -0.4 is 0 Å². The molecule has 17 heavy (non-hydrogen) atoms. The molecule has 5 nitrogen and oxygen atoms in total. The van der Waals surface area contributed by atoms with E-state index in [4.69, 9.17) is 14.2 Å². The molecule has 5 heteroatoms. The fourth-order valence-electron chi connectivity index (χ4n) is 1.85. The molecule has 0 radical (unpaired) electrons. The van der Waals surface area contributed by atoms with Gasteiger partial charge in [0, 0.05) is 6.61 Å². The van der Waals surface area contributed by atoms with E-state index in [1.54, 1.807) is 4.90 Å². The predicted molar refractivity (Wildman–Crippen MR) is 61.9 cm³/mol. The van der Waals surface area contributed by atoms with Crippen LogP contribution in [-0.4, -0.2) is 55.1 Å². The molecule has 0 aromatic heterocycles. The molecule has 98 valence electrons. The van der Waals surface area contributed by atoms with Crippen molar-refractivity contribution in [2.45, 2.75) is 44.9 Å². The van der Waals surface area contributed by atoms with Gasteiger partial charge >= 0.3 is 6.09 Å². The Hall–Kier alpha value is -0.810. The number of carbonyl (C=O) groups excluding carboxylic acids is 1. The third-order valence-corrected chi connectivity index (χ3v) is 2.78. The van der Waals surface area contributed by atoms with Crippen molar-refractivity contribution in [3.63, 3.8) is 0 Å². The lowest BCUT2D eigenvalue weighted by Gasteiger charge is -2.30. The lowest BCUT2D eigenvalue weighted by atomic mass is 10.2. The van der Waals surface area contributed by atoms with Gasteiger partial charge in [-0.1, -0.05) is 0 Å². The number of amides is 1. The second-order valence-electron chi connectivity index (χ2n) is 5.61. The van der Waals surface area contributed by atoms with Gasteiger partial charge in [0.2, 0.25) is 0 Å². The van der Waals surface area contributed by atoms with Gasteiger partial charge in [0.05, 0.1) is 31.9 Å². The summed E-state index contributed by atoms with van der Waals surface area (Å²) in [6.07, 6.45) is 0.804. The lowest BCUT2D eigenvalue weighted by molar-refractivity contribution is 0.0132. The number of epoxide rings is 1. The van der Waals surface area contributed by atoms with E-state index in [-0.39, 0.29) is 18.2 Å². The van der Waals surface area contributed by atoms with Crippen molar-refractivity contribution in [3.8, 4) is 0 Å². The zero-order valence-corrected chi connectivity index (χ0v) is 10.8. The predicted octanol–water partition coefficient (Wildman–Crippen LogP) is 1.41. The average Bonchev–Trinajstić information content (AvgIpc) is 2.85. The number of carbonyl (C=O) groups is 1. The van der Waals surface area contributed by atoms with Crippen LogP contribution in [0.4, 0.5) is 4.79 Å². The van der Waals surface area contributed by atoms with Crippen molar-refractivity contribution in [3.05, 3.63) is 0 Å². The molecule has 2 atom stereocenters. The second kappa shape index (κ2) is 4.82. The summed E-state index contributed by atoms with van der Waals surface area (Å²) >= 11 is 0. The van der Waals surface area contributed by atoms with Crippen LogP contribution in [0, 0.1) is 0 Å². The first-order valence-electron chi connectivity index (χ1n) is 6.15. The Kier molecular flexibility index (Phi) is 3.58. The zero-order chi connectivity index (χ0) is 12.5. The van der Waals surface area contributed by atoms with E-state index in [1.807, 2.05) is 20.8 Å². The maximum absolute atomic E-state index is 12.1. The molecule has 0 aromatic rings. The van der Waals surface area contributed by atoms with Gasteiger partial charge in [0.25, 0.3) is 0 Å². The Morgan fingerprint density at radius 3 is 2.59 bits per heavy atom. The Morgan fingerprint density at radius 2 is 2.12 bits per heavy atom. The molecule has 0 spiro atoms. The number of nitrogens with zero attached hydrogens (tertiary/aromatic N) is 1. The molecule has 0 N–H and O–H groups in total. The summed E-state index contributed by atoms with van der Waals surface area (Å²) in [6.45, 7) is 8.31. The Morgan fingerprint density at radius 1 is 1.41 bits per heavy atom. The van der Waals surface area contributed by atoms with Gasteiger partial charge in [-0.15, -0.1) is 0 Å². The first kappa shape index (κ1) is 12.6. The first-order chi connectivity index (χ1) is 7.96. The maximum Gasteiger partial charge on any atom is 0.410 e. The van der Waals surface area contributed by atoms with Crippen LogP contribution >= 0.6 is 0 Å². The first-order valence-corrected chi connectivity index (χ1v) is 6.15. The van der Waals surface area contributed by atoms with Gasteiger partial charge in [0.15, 0.2) is 0 Å². The third-order valence-electron chi connectivity index (χ3n) is 2.78. The Balaban J connectivity index is 1.95.